The van der Waals surface area contributed by atoms with Crippen molar-refractivity contribution in [1.82, 2.24) is 9.22 Å². The van der Waals surface area contributed by atoms with Gasteiger partial charge in [-0.2, -0.15) is 0 Å². The van der Waals surface area contributed by atoms with Gasteiger partial charge in [-0.05, 0) is 35.7 Å². The van der Waals surface area contributed by atoms with Gasteiger partial charge in [0.1, 0.15) is 11.1 Å². The van der Waals surface area contributed by atoms with E-state index in [0.717, 1.165) is 5.39 Å². The summed E-state index contributed by atoms with van der Waals surface area (Å²) in [4.78, 5) is 4.36. The first-order chi connectivity index (χ1) is 8.92. The number of nitrogens with zero attached hydrogens (tertiary/aromatic N) is 3. The molecule has 2 aromatic heterocycles. The lowest BCUT2D eigenvalue weighted by Crippen LogP contribution is -2.56. The van der Waals surface area contributed by atoms with Crippen LogP contribution in [0, 0.1) is 0 Å². The molecule has 1 atom stereocenters. The van der Waals surface area contributed by atoms with Crippen molar-refractivity contribution in [3.8, 4) is 0 Å². The van der Waals surface area contributed by atoms with Crippen molar-refractivity contribution in [3.05, 3.63) is 23.7 Å². The van der Waals surface area contributed by atoms with Crippen LogP contribution in [0.4, 0.5) is 0 Å². The molecule has 3 nitrogen and oxygen atoms in total. The number of hydrogen-bond acceptors (Lipinski definition) is 1. The largest absolute Gasteiger partial charge is 0.304 e. The summed E-state index contributed by atoms with van der Waals surface area (Å²) in [7, 11) is -1.68. The molecule has 19 heavy (non-hydrogen) atoms. The molecule has 0 N–H and O–H groups in total. The van der Waals surface area contributed by atoms with Gasteiger partial charge in [0.25, 0.3) is 8.24 Å². The molecule has 0 radical (unpaired) electrons. The van der Waals surface area contributed by atoms with Crippen molar-refractivity contribution in [2.45, 2.75) is 51.4 Å². The molecule has 0 aromatic carbocycles. The van der Waals surface area contributed by atoms with Crippen molar-refractivity contribution in [2.75, 3.05) is 0 Å². The van der Waals surface area contributed by atoms with Crippen LogP contribution in [0.15, 0.2) is 18.6 Å². The van der Waals surface area contributed by atoms with Crippen LogP contribution in [0.2, 0.25) is 16.2 Å². The Bertz CT molecular complexity index is 639. The molecule has 0 saturated carbocycles. The first kappa shape index (κ1) is 13.1. The Morgan fingerprint density at radius 3 is 2.53 bits per heavy atom. The van der Waals surface area contributed by atoms with E-state index in [4.69, 9.17) is 11.6 Å². The van der Waals surface area contributed by atoms with Gasteiger partial charge in [0.15, 0.2) is 0 Å². The zero-order valence-electron chi connectivity index (χ0n) is 12.2. The number of hydrogen-bond donors (Lipinski definition) is 0. The lowest BCUT2D eigenvalue weighted by Gasteiger charge is -2.35. The molecule has 5 heteroatoms. The smallest absolute Gasteiger partial charge is 0.273 e. The highest BCUT2D eigenvalue weighted by molar-refractivity contribution is 6.82. The predicted molar refractivity (Wildman–Crippen MR) is 81.0 cm³/mol. The zero-order chi connectivity index (χ0) is 13.9. The number of aromatic nitrogens is 3. The fourth-order valence-corrected chi connectivity index (χ4v) is 10.8. The Morgan fingerprint density at radius 2 is 1.95 bits per heavy atom. The van der Waals surface area contributed by atoms with Crippen LogP contribution in [0.1, 0.15) is 40.3 Å². The second-order valence-corrected chi connectivity index (χ2v) is 12.0. The monoisotopic (exact) mass is 294 g/mol. The zero-order valence-corrected chi connectivity index (χ0v) is 13.9. The number of halogens is 1. The van der Waals surface area contributed by atoms with Crippen LogP contribution in [-0.4, -0.2) is 17.5 Å². The average molecular weight is 295 g/mol. The second-order valence-electron chi connectivity index (χ2n) is 6.24. The Kier molecular flexibility index (Phi) is 2.80. The molecule has 0 bridgehead atoms. The predicted octanol–water partition coefficient (Wildman–Crippen LogP) is 3.70. The van der Waals surface area contributed by atoms with Gasteiger partial charge >= 0.3 is 0 Å². The van der Waals surface area contributed by atoms with Crippen molar-refractivity contribution in [1.29, 1.82) is 0 Å². The highest BCUT2D eigenvalue weighted by Gasteiger charge is 2.58. The SMILES string of the molecule is CC(C)[Si]1(C(C)C)C(C)[n+]2cnc(Cl)c3ccn1c32. The molecule has 102 valence electrons. The minimum Gasteiger partial charge on any atom is -0.304 e. The van der Waals surface area contributed by atoms with E-state index in [-0.39, 0.29) is 0 Å². The summed E-state index contributed by atoms with van der Waals surface area (Å²) in [5.74, 6) is 0. The quantitative estimate of drug-likeness (QED) is 0.470. The third-order valence-electron chi connectivity index (χ3n) is 4.98. The van der Waals surface area contributed by atoms with E-state index < -0.39 is 8.24 Å². The van der Waals surface area contributed by atoms with E-state index in [1.165, 1.54) is 5.65 Å². The molecule has 1 aliphatic heterocycles. The Labute approximate surface area is 120 Å². The van der Waals surface area contributed by atoms with Gasteiger partial charge in [0, 0.05) is 0 Å². The van der Waals surface area contributed by atoms with E-state index in [2.05, 4.69) is 60.7 Å². The van der Waals surface area contributed by atoms with Gasteiger partial charge in [-0.1, -0.05) is 32.7 Å². The minimum absolute atomic E-state index is 0.524. The lowest BCUT2D eigenvalue weighted by atomic mass is 10.4. The summed E-state index contributed by atoms with van der Waals surface area (Å²) >= 11 is 6.25. The Hall–Kier alpha value is -0.873. The second kappa shape index (κ2) is 4.06. The molecule has 0 saturated heterocycles. The maximum atomic E-state index is 6.25. The van der Waals surface area contributed by atoms with Crippen molar-refractivity contribution >= 4 is 30.9 Å². The standard InChI is InChI=1S/C14H21ClN3Si/c1-9(2)19(10(3)4)11(5)17-8-16-13(15)12-6-7-18(19)14(12)17/h6-11H,1-5H3/q+1. The summed E-state index contributed by atoms with van der Waals surface area (Å²) in [6.07, 6.45) is 4.16. The number of rotatable bonds is 2. The van der Waals surface area contributed by atoms with Crippen molar-refractivity contribution < 1.29 is 4.57 Å². The van der Waals surface area contributed by atoms with E-state index in [1.54, 1.807) is 0 Å². The fraction of sp³-hybridized carbons (Fsp3) is 0.571. The summed E-state index contributed by atoms with van der Waals surface area (Å²) in [6.45, 7) is 11.8. The van der Waals surface area contributed by atoms with E-state index in [9.17, 15) is 0 Å². The lowest BCUT2D eigenvalue weighted by molar-refractivity contribution is -0.676. The van der Waals surface area contributed by atoms with E-state index in [0.29, 0.717) is 21.9 Å². The van der Waals surface area contributed by atoms with Crippen molar-refractivity contribution in [2.24, 2.45) is 0 Å². The van der Waals surface area contributed by atoms with E-state index in [1.807, 2.05) is 6.33 Å². The average Bonchev–Trinajstić information content (AvgIpc) is 2.84. The van der Waals surface area contributed by atoms with Gasteiger partial charge in [0.05, 0.1) is 6.20 Å². The van der Waals surface area contributed by atoms with Crippen LogP contribution in [0.3, 0.4) is 0 Å². The van der Waals surface area contributed by atoms with Gasteiger partial charge in [-0.15, -0.1) is 0 Å². The minimum atomic E-state index is -1.68. The molecule has 0 aliphatic carbocycles. The summed E-state index contributed by atoms with van der Waals surface area (Å²) in [6, 6.07) is 2.12. The fourth-order valence-electron chi connectivity index (χ4n) is 4.29. The molecule has 0 fully saturated rings. The van der Waals surface area contributed by atoms with Crippen LogP contribution in [0.25, 0.3) is 11.0 Å². The van der Waals surface area contributed by atoms with Gasteiger partial charge < -0.3 is 4.23 Å². The van der Waals surface area contributed by atoms with Gasteiger partial charge in [0.2, 0.25) is 17.1 Å². The van der Waals surface area contributed by atoms with Crippen LogP contribution in [0.5, 0.6) is 0 Å². The normalized spacial score (nSPS) is 20.9. The first-order valence-electron chi connectivity index (χ1n) is 6.99. The maximum Gasteiger partial charge on any atom is 0.273 e. The van der Waals surface area contributed by atoms with Gasteiger partial charge in [-0.25, -0.2) is 4.57 Å². The molecule has 3 rings (SSSR count). The van der Waals surface area contributed by atoms with Crippen LogP contribution in [-0.2, 0) is 0 Å². The first-order valence-corrected chi connectivity index (χ1v) is 9.55. The molecule has 3 heterocycles. The molecule has 1 unspecified atom stereocenters. The highest BCUT2D eigenvalue weighted by atomic mass is 35.5. The summed E-state index contributed by atoms with van der Waals surface area (Å²) in [5.41, 5.74) is 3.14. The summed E-state index contributed by atoms with van der Waals surface area (Å²) < 4.78 is 4.91. The van der Waals surface area contributed by atoms with Crippen LogP contribution >= 0.6 is 11.6 Å². The maximum absolute atomic E-state index is 6.25. The van der Waals surface area contributed by atoms with Crippen molar-refractivity contribution in [3.63, 3.8) is 0 Å². The molecular weight excluding hydrogens is 274 g/mol. The molecule has 2 aromatic rings. The highest BCUT2D eigenvalue weighted by Crippen LogP contribution is 2.45. The molecular formula is C14H21ClN3Si+. The molecule has 0 amide bonds. The topological polar surface area (TPSA) is 21.7 Å². The Morgan fingerprint density at radius 1 is 1.32 bits per heavy atom. The third kappa shape index (κ3) is 1.39. The Balaban J connectivity index is 2.40. The molecule has 1 aliphatic rings. The molecule has 0 spiro atoms. The van der Waals surface area contributed by atoms with Crippen LogP contribution < -0.4 is 4.57 Å². The van der Waals surface area contributed by atoms with E-state index >= 15 is 0 Å². The summed E-state index contributed by atoms with van der Waals surface area (Å²) in [5, 5.41) is 1.71. The third-order valence-corrected chi connectivity index (χ3v) is 11.8. The van der Waals surface area contributed by atoms with Gasteiger partial charge in [-0.3, -0.25) is 0 Å².